The van der Waals surface area contributed by atoms with Gasteiger partial charge in [-0.05, 0) is 38.6 Å². The monoisotopic (exact) mass is 309 g/mol. The molecule has 0 unspecified atom stereocenters. The predicted octanol–water partition coefficient (Wildman–Crippen LogP) is 3.44. The third kappa shape index (κ3) is 2.52. The third-order valence-electron chi connectivity index (χ3n) is 4.11. The van der Waals surface area contributed by atoms with Crippen molar-refractivity contribution in [1.82, 2.24) is 4.90 Å². The maximum absolute atomic E-state index is 12.7. The summed E-state index contributed by atoms with van der Waals surface area (Å²) in [5.41, 5.74) is 0.866. The van der Waals surface area contributed by atoms with E-state index in [0.717, 1.165) is 22.9 Å². The zero-order valence-electron chi connectivity index (χ0n) is 11.1. The van der Waals surface area contributed by atoms with Crippen LogP contribution in [-0.2, 0) is 11.2 Å². The lowest BCUT2D eigenvalue weighted by Crippen LogP contribution is -2.49. The molecule has 2 rings (SSSR count). The highest BCUT2D eigenvalue weighted by Crippen LogP contribution is 2.35. The summed E-state index contributed by atoms with van der Waals surface area (Å²) < 4.78 is 1.03. The molecule has 0 spiro atoms. The summed E-state index contributed by atoms with van der Waals surface area (Å²) in [7, 11) is 4.06. The van der Waals surface area contributed by atoms with Crippen LogP contribution in [0.15, 0.2) is 28.7 Å². The minimum atomic E-state index is -0.227. The minimum absolute atomic E-state index is 0.227. The number of carbonyl (C=O) groups excluding carboxylic acids is 1. The van der Waals surface area contributed by atoms with Gasteiger partial charge in [0.05, 0.1) is 5.54 Å². The van der Waals surface area contributed by atoms with Crippen LogP contribution in [0.25, 0.3) is 0 Å². The van der Waals surface area contributed by atoms with Crippen molar-refractivity contribution in [2.45, 2.75) is 37.6 Å². The van der Waals surface area contributed by atoms with Gasteiger partial charge in [0.1, 0.15) is 0 Å². The number of likely N-dealkylation sites (N-methyl/N-ethyl adjacent to an activating group) is 1. The summed E-state index contributed by atoms with van der Waals surface area (Å²) in [5, 5.41) is 0. The highest BCUT2D eigenvalue weighted by Gasteiger charge is 2.42. The molecule has 1 aliphatic carbocycles. The van der Waals surface area contributed by atoms with E-state index >= 15 is 0 Å². The summed E-state index contributed by atoms with van der Waals surface area (Å²) in [6, 6.07) is 8.00. The fraction of sp³-hybridized carbons (Fsp3) is 0.533. The number of hydrogen-bond acceptors (Lipinski definition) is 2. The molecule has 0 radical (unpaired) electrons. The van der Waals surface area contributed by atoms with Crippen molar-refractivity contribution >= 4 is 21.7 Å². The normalized spacial score (nSPS) is 18.2. The molecule has 1 aromatic rings. The number of ketones is 1. The SMILES string of the molecule is CN(C)C1(C(=O)Cc2ccccc2Br)CCCC1. The molecular formula is C15H20BrNO. The van der Waals surface area contributed by atoms with Gasteiger partial charge < -0.3 is 0 Å². The summed E-state index contributed by atoms with van der Waals surface area (Å²) in [4.78, 5) is 14.8. The maximum atomic E-state index is 12.7. The first-order chi connectivity index (χ1) is 8.56. The first-order valence-electron chi connectivity index (χ1n) is 6.50. The lowest BCUT2D eigenvalue weighted by molar-refractivity contribution is -0.128. The van der Waals surface area contributed by atoms with Crippen LogP contribution >= 0.6 is 15.9 Å². The molecule has 0 aromatic heterocycles. The van der Waals surface area contributed by atoms with Gasteiger partial charge in [0, 0.05) is 10.9 Å². The Morgan fingerprint density at radius 1 is 1.28 bits per heavy atom. The molecule has 0 atom stereocenters. The summed E-state index contributed by atoms with van der Waals surface area (Å²) >= 11 is 3.52. The van der Waals surface area contributed by atoms with Crippen LogP contribution in [0, 0.1) is 0 Å². The fourth-order valence-corrected chi connectivity index (χ4v) is 3.34. The summed E-state index contributed by atoms with van der Waals surface area (Å²) in [5.74, 6) is 0.358. The van der Waals surface area contributed by atoms with E-state index in [1.54, 1.807) is 0 Å². The van der Waals surface area contributed by atoms with Crippen LogP contribution in [0.1, 0.15) is 31.2 Å². The van der Waals surface area contributed by atoms with E-state index in [-0.39, 0.29) is 5.54 Å². The Morgan fingerprint density at radius 3 is 2.44 bits per heavy atom. The first kappa shape index (κ1) is 13.8. The van der Waals surface area contributed by atoms with Crippen LogP contribution in [0.2, 0.25) is 0 Å². The van der Waals surface area contributed by atoms with Crippen molar-refractivity contribution in [3.63, 3.8) is 0 Å². The van der Waals surface area contributed by atoms with Gasteiger partial charge in [-0.1, -0.05) is 47.0 Å². The maximum Gasteiger partial charge on any atom is 0.157 e. The summed E-state index contributed by atoms with van der Waals surface area (Å²) in [6.45, 7) is 0. The second kappa shape index (κ2) is 5.54. The number of carbonyl (C=O) groups is 1. The van der Waals surface area contributed by atoms with Gasteiger partial charge >= 0.3 is 0 Å². The molecule has 0 N–H and O–H groups in total. The Balaban J connectivity index is 2.19. The molecule has 1 aromatic carbocycles. The van der Waals surface area contributed by atoms with E-state index in [0.29, 0.717) is 12.2 Å². The zero-order chi connectivity index (χ0) is 13.2. The Bertz CT molecular complexity index is 436. The smallest absolute Gasteiger partial charge is 0.157 e. The molecular weight excluding hydrogens is 290 g/mol. The summed E-state index contributed by atoms with van der Waals surface area (Å²) in [6.07, 6.45) is 4.87. The Morgan fingerprint density at radius 2 is 1.89 bits per heavy atom. The van der Waals surface area contributed by atoms with Crippen LogP contribution < -0.4 is 0 Å². The van der Waals surface area contributed by atoms with Crippen molar-refractivity contribution in [1.29, 1.82) is 0 Å². The van der Waals surface area contributed by atoms with Gasteiger partial charge in [-0.3, -0.25) is 9.69 Å². The standard InChI is InChI=1S/C15H20BrNO/c1-17(2)15(9-5-6-10-15)14(18)11-12-7-3-4-8-13(12)16/h3-4,7-8H,5-6,9-11H2,1-2H3. The first-order valence-corrected chi connectivity index (χ1v) is 7.30. The molecule has 1 fully saturated rings. The molecule has 98 valence electrons. The number of halogens is 1. The van der Waals surface area contributed by atoms with Gasteiger partial charge in [-0.25, -0.2) is 0 Å². The highest BCUT2D eigenvalue weighted by molar-refractivity contribution is 9.10. The molecule has 0 bridgehead atoms. The van der Waals surface area contributed by atoms with Crippen molar-refractivity contribution in [2.24, 2.45) is 0 Å². The number of rotatable bonds is 4. The second-order valence-electron chi connectivity index (χ2n) is 5.32. The highest BCUT2D eigenvalue weighted by atomic mass is 79.9. The molecule has 1 aliphatic rings. The fourth-order valence-electron chi connectivity index (χ4n) is 2.91. The van der Waals surface area contributed by atoms with Crippen molar-refractivity contribution in [3.05, 3.63) is 34.3 Å². The average Bonchev–Trinajstić information content (AvgIpc) is 2.82. The molecule has 0 heterocycles. The number of hydrogen-bond donors (Lipinski definition) is 0. The van der Waals surface area contributed by atoms with Crippen LogP contribution in [0.4, 0.5) is 0 Å². The van der Waals surface area contributed by atoms with Crippen molar-refractivity contribution in [2.75, 3.05) is 14.1 Å². The van der Waals surface area contributed by atoms with Crippen molar-refractivity contribution < 1.29 is 4.79 Å². The van der Waals surface area contributed by atoms with E-state index < -0.39 is 0 Å². The zero-order valence-corrected chi connectivity index (χ0v) is 12.7. The van der Waals surface area contributed by atoms with Gasteiger partial charge in [0.2, 0.25) is 0 Å². The van der Waals surface area contributed by atoms with Crippen molar-refractivity contribution in [3.8, 4) is 0 Å². The molecule has 0 aliphatic heterocycles. The Hall–Kier alpha value is -0.670. The van der Waals surface area contributed by atoms with Gasteiger partial charge in [0.25, 0.3) is 0 Å². The van der Waals surface area contributed by atoms with Gasteiger partial charge in [0.15, 0.2) is 5.78 Å². The van der Waals surface area contributed by atoms with E-state index in [9.17, 15) is 4.79 Å². The molecule has 18 heavy (non-hydrogen) atoms. The number of nitrogens with zero attached hydrogens (tertiary/aromatic N) is 1. The number of benzene rings is 1. The molecule has 3 heteroatoms. The Kier molecular flexibility index (Phi) is 4.23. The molecule has 0 amide bonds. The largest absolute Gasteiger partial charge is 0.297 e. The lowest BCUT2D eigenvalue weighted by Gasteiger charge is -2.34. The Labute approximate surface area is 117 Å². The van der Waals surface area contributed by atoms with Crippen LogP contribution in [0.3, 0.4) is 0 Å². The van der Waals surface area contributed by atoms with Crippen LogP contribution in [0.5, 0.6) is 0 Å². The van der Waals surface area contributed by atoms with E-state index in [4.69, 9.17) is 0 Å². The van der Waals surface area contributed by atoms with E-state index in [1.807, 2.05) is 38.4 Å². The molecule has 0 saturated heterocycles. The van der Waals surface area contributed by atoms with E-state index in [1.165, 1.54) is 12.8 Å². The minimum Gasteiger partial charge on any atom is -0.297 e. The van der Waals surface area contributed by atoms with Gasteiger partial charge in [-0.2, -0.15) is 0 Å². The third-order valence-corrected chi connectivity index (χ3v) is 4.89. The van der Waals surface area contributed by atoms with E-state index in [2.05, 4.69) is 20.8 Å². The molecule has 1 saturated carbocycles. The van der Waals surface area contributed by atoms with Gasteiger partial charge in [-0.15, -0.1) is 0 Å². The van der Waals surface area contributed by atoms with Crippen LogP contribution in [-0.4, -0.2) is 30.3 Å². The number of Topliss-reactive ketones (excluding diaryl/α,β-unsaturated/α-hetero) is 1. The topological polar surface area (TPSA) is 20.3 Å². The second-order valence-corrected chi connectivity index (χ2v) is 6.18. The quantitative estimate of drug-likeness (QED) is 0.849. The average molecular weight is 310 g/mol. The lowest BCUT2D eigenvalue weighted by atomic mass is 9.87. The molecule has 2 nitrogen and oxygen atoms in total. The predicted molar refractivity (Wildman–Crippen MR) is 77.7 cm³/mol.